The Hall–Kier alpha value is -2.35. The molecular weight excluding hydrogens is 256 g/mol. The van der Waals surface area contributed by atoms with E-state index in [0.717, 1.165) is 23.7 Å². The third-order valence-electron chi connectivity index (χ3n) is 4.16. The number of hydrogen-bond acceptors (Lipinski definition) is 2. The molecule has 0 radical (unpaired) electrons. The van der Waals surface area contributed by atoms with Gasteiger partial charge in [-0.1, -0.05) is 30.3 Å². The maximum absolute atomic E-state index is 4.39. The Bertz CT molecular complexity index is 753. The number of benzene rings is 2. The van der Waals surface area contributed by atoms with Gasteiger partial charge in [0.15, 0.2) is 0 Å². The zero-order valence-electron chi connectivity index (χ0n) is 11.9. The lowest BCUT2D eigenvalue weighted by Gasteiger charge is -2.10. The van der Waals surface area contributed by atoms with Gasteiger partial charge >= 0.3 is 0 Å². The topological polar surface area (TPSA) is 24.9 Å². The predicted octanol–water partition coefficient (Wildman–Crippen LogP) is 4.72. The quantitative estimate of drug-likeness (QED) is 0.744. The van der Waals surface area contributed by atoms with Gasteiger partial charge in [0.1, 0.15) is 0 Å². The molecule has 2 nitrogen and oxygen atoms in total. The highest BCUT2D eigenvalue weighted by molar-refractivity contribution is 5.91. The molecule has 0 saturated heterocycles. The minimum Gasteiger partial charge on any atom is -0.380 e. The largest absolute Gasteiger partial charge is 0.380 e. The Morgan fingerprint density at radius 1 is 0.952 bits per heavy atom. The number of fused-ring (bicyclic) bond motifs is 1. The smallest absolute Gasteiger partial charge is 0.0722 e. The molecule has 1 heterocycles. The number of nitrogens with one attached hydrogen (secondary N) is 1. The van der Waals surface area contributed by atoms with Gasteiger partial charge in [0.25, 0.3) is 0 Å². The molecule has 1 fully saturated rings. The summed E-state index contributed by atoms with van der Waals surface area (Å²) in [5.41, 5.74) is 4.99. The van der Waals surface area contributed by atoms with Crippen molar-refractivity contribution in [1.82, 2.24) is 4.98 Å². The second kappa shape index (κ2) is 5.21. The molecule has 0 spiro atoms. The van der Waals surface area contributed by atoms with Crippen LogP contribution in [0, 0.1) is 0 Å². The van der Waals surface area contributed by atoms with Gasteiger partial charge in [-0.05, 0) is 54.2 Å². The summed E-state index contributed by atoms with van der Waals surface area (Å²) in [6.07, 6.45) is 4.56. The first-order valence-corrected chi connectivity index (χ1v) is 7.56. The summed E-state index contributed by atoms with van der Waals surface area (Å²) in [7, 11) is 0. The molecule has 1 aliphatic carbocycles. The predicted molar refractivity (Wildman–Crippen MR) is 87.5 cm³/mol. The van der Waals surface area contributed by atoms with E-state index in [-0.39, 0.29) is 0 Å². The van der Waals surface area contributed by atoms with Crippen LogP contribution in [0.1, 0.15) is 29.9 Å². The molecule has 1 aliphatic rings. The first-order chi connectivity index (χ1) is 10.4. The highest BCUT2D eigenvalue weighted by atomic mass is 14.9. The van der Waals surface area contributed by atoms with E-state index in [1.807, 2.05) is 24.4 Å². The molecule has 1 aromatic heterocycles. The number of rotatable bonds is 4. The van der Waals surface area contributed by atoms with E-state index in [1.165, 1.54) is 29.4 Å². The van der Waals surface area contributed by atoms with E-state index in [4.69, 9.17) is 0 Å². The fourth-order valence-electron chi connectivity index (χ4n) is 2.78. The number of pyridine rings is 1. The van der Waals surface area contributed by atoms with Crippen LogP contribution >= 0.6 is 0 Å². The summed E-state index contributed by atoms with van der Waals surface area (Å²) in [5, 5.41) is 4.70. The molecule has 0 atom stereocenters. The van der Waals surface area contributed by atoms with Gasteiger partial charge in [-0.3, -0.25) is 4.98 Å². The van der Waals surface area contributed by atoms with Gasteiger partial charge in [0.05, 0.1) is 5.52 Å². The number of hydrogen-bond donors (Lipinski definition) is 1. The van der Waals surface area contributed by atoms with Gasteiger partial charge in [0.2, 0.25) is 0 Å². The lowest BCUT2D eigenvalue weighted by atomic mass is 10.1. The average molecular weight is 274 g/mol. The average Bonchev–Trinajstić information content (AvgIpc) is 3.38. The Labute approximate surface area is 124 Å². The van der Waals surface area contributed by atoms with Gasteiger partial charge in [-0.15, -0.1) is 0 Å². The van der Waals surface area contributed by atoms with Crippen molar-refractivity contribution in [1.29, 1.82) is 0 Å². The summed E-state index contributed by atoms with van der Waals surface area (Å²) < 4.78 is 0. The van der Waals surface area contributed by atoms with Crippen molar-refractivity contribution in [2.75, 3.05) is 5.32 Å². The number of aromatic nitrogens is 1. The molecule has 0 bridgehead atoms. The number of anilines is 1. The molecular formula is C19H18N2. The highest BCUT2D eigenvalue weighted by Gasteiger charge is 2.22. The Morgan fingerprint density at radius 2 is 1.81 bits per heavy atom. The fraction of sp³-hybridized carbons (Fsp3) is 0.211. The van der Waals surface area contributed by atoms with E-state index >= 15 is 0 Å². The van der Waals surface area contributed by atoms with Crippen molar-refractivity contribution in [3.63, 3.8) is 0 Å². The molecule has 2 heteroatoms. The summed E-state index contributed by atoms with van der Waals surface area (Å²) in [6, 6.07) is 19.3. The van der Waals surface area contributed by atoms with Crippen LogP contribution in [0.3, 0.4) is 0 Å². The Morgan fingerprint density at radius 3 is 2.62 bits per heavy atom. The van der Waals surface area contributed by atoms with Crippen LogP contribution in [0.4, 0.5) is 5.69 Å². The lowest BCUT2D eigenvalue weighted by Crippen LogP contribution is -2.00. The van der Waals surface area contributed by atoms with Crippen molar-refractivity contribution >= 4 is 16.6 Å². The minimum atomic E-state index is 0.830. The maximum atomic E-state index is 4.39. The van der Waals surface area contributed by atoms with Crippen molar-refractivity contribution in [2.45, 2.75) is 25.3 Å². The molecule has 4 rings (SSSR count). The number of nitrogens with zero attached hydrogens (tertiary/aromatic N) is 1. The second-order valence-corrected chi connectivity index (χ2v) is 5.75. The second-order valence-electron chi connectivity index (χ2n) is 5.75. The zero-order valence-corrected chi connectivity index (χ0v) is 11.9. The molecule has 1 saturated carbocycles. The molecule has 104 valence electrons. The molecule has 3 aromatic rings. The minimum absolute atomic E-state index is 0.830. The van der Waals surface area contributed by atoms with Crippen LogP contribution in [0.5, 0.6) is 0 Å². The van der Waals surface area contributed by atoms with Crippen molar-refractivity contribution in [3.05, 3.63) is 71.9 Å². The first kappa shape index (κ1) is 12.4. The molecule has 2 aromatic carbocycles. The summed E-state index contributed by atoms with van der Waals surface area (Å²) in [5.74, 6) is 0.830. The molecule has 0 amide bonds. The van der Waals surface area contributed by atoms with Crippen LogP contribution in [0.25, 0.3) is 10.9 Å². The Kier molecular flexibility index (Phi) is 3.07. The van der Waals surface area contributed by atoms with Crippen LogP contribution in [0.2, 0.25) is 0 Å². The van der Waals surface area contributed by atoms with Crippen molar-refractivity contribution in [2.24, 2.45) is 0 Å². The van der Waals surface area contributed by atoms with E-state index in [1.54, 1.807) is 0 Å². The van der Waals surface area contributed by atoms with Crippen LogP contribution in [0.15, 0.2) is 60.8 Å². The maximum Gasteiger partial charge on any atom is 0.0722 e. The van der Waals surface area contributed by atoms with Crippen molar-refractivity contribution in [3.8, 4) is 0 Å². The third kappa shape index (κ3) is 2.62. The monoisotopic (exact) mass is 274 g/mol. The van der Waals surface area contributed by atoms with Crippen LogP contribution in [-0.4, -0.2) is 4.98 Å². The normalized spacial score (nSPS) is 14.3. The molecule has 0 aliphatic heterocycles. The van der Waals surface area contributed by atoms with E-state index < -0.39 is 0 Å². The van der Waals surface area contributed by atoms with Crippen LogP contribution in [-0.2, 0) is 6.54 Å². The molecule has 0 unspecified atom stereocenters. The van der Waals surface area contributed by atoms with Gasteiger partial charge in [-0.2, -0.15) is 0 Å². The zero-order chi connectivity index (χ0) is 14.1. The first-order valence-electron chi connectivity index (χ1n) is 7.56. The van der Waals surface area contributed by atoms with Crippen molar-refractivity contribution < 1.29 is 0 Å². The van der Waals surface area contributed by atoms with E-state index in [0.29, 0.717) is 0 Å². The van der Waals surface area contributed by atoms with Gasteiger partial charge in [-0.25, -0.2) is 0 Å². The van der Waals surface area contributed by atoms with E-state index in [2.05, 4.69) is 46.7 Å². The SMILES string of the molecule is c1cc(NCc2ccc(C3CC3)cc2)c2cccnc2c1. The van der Waals surface area contributed by atoms with E-state index in [9.17, 15) is 0 Å². The lowest BCUT2D eigenvalue weighted by molar-refractivity contribution is 1.10. The third-order valence-corrected chi connectivity index (χ3v) is 4.16. The molecule has 1 N–H and O–H groups in total. The van der Waals surface area contributed by atoms with Gasteiger partial charge in [0, 0.05) is 23.8 Å². The van der Waals surface area contributed by atoms with Crippen LogP contribution < -0.4 is 5.32 Å². The highest BCUT2D eigenvalue weighted by Crippen LogP contribution is 2.39. The summed E-state index contributed by atoms with van der Waals surface area (Å²) >= 11 is 0. The fourth-order valence-corrected chi connectivity index (χ4v) is 2.78. The van der Waals surface area contributed by atoms with Gasteiger partial charge < -0.3 is 5.32 Å². The Balaban J connectivity index is 1.52. The summed E-state index contributed by atoms with van der Waals surface area (Å²) in [6.45, 7) is 0.846. The summed E-state index contributed by atoms with van der Waals surface area (Å²) in [4.78, 5) is 4.39. The molecule has 21 heavy (non-hydrogen) atoms. The standard InChI is InChI=1S/C19H18N2/c1-4-18-17(3-2-12-20-18)19(5-1)21-13-14-6-8-15(9-7-14)16-10-11-16/h1-9,12,16,21H,10-11,13H2.